The van der Waals surface area contributed by atoms with Crippen molar-refractivity contribution < 1.29 is 18.3 Å². The lowest BCUT2D eigenvalue weighted by molar-refractivity contribution is -0.137. The second-order valence-electron chi connectivity index (χ2n) is 5.46. The van der Waals surface area contributed by atoms with Gasteiger partial charge in [-0.15, -0.1) is 0 Å². The van der Waals surface area contributed by atoms with Crippen molar-refractivity contribution in [2.75, 3.05) is 0 Å². The largest absolute Gasteiger partial charge is 0.416 e. The minimum Gasteiger partial charge on any atom is -0.390 e. The average Bonchev–Trinajstić information content (AvgIpc) is 2.64. The molecule has 1 N–H and O–H groups in total. The summed E-state index contributed by atoms with van der Waals surface area (Å²) in [4.78, 5) is 4.23. The number of imidazole rings is 1. The van der Waals surface area contributed by atoms with E-state index in [-0.39, 0.29) is 17.7 Å². The highest BCUT2D eigenvalue weighted by atomic mass is 19.4. The first kappa shape index (κ1) is 13.9. The molecule has 2 aromatic rings. The van der Waals surface area contributed by atoms with Crippen LogP contribution in [0, 0.1) is 0 Å². The maximum Gasteiger partial charge on any atom is 0.416 e. The van der Waals surface area contributed by atoms with Crippen LogP contribution in [-0.4, -0.2) is 14.5 Å². The van der Waals surface area contributed by atoms with Crippen LogP contribution < -0.4 is 0 Å². The molecule has 0 radical (unpaired) electrons. The first-order valence-electron chi connectivity index (χ1n) is 5.84. The standard InChI is InChI=1S/C13H15F3N2O/c1-12(2,3)11-9(7-19)18-5-4-8(13(14,15)16)6-10(18)17-11/h4-6,19H,7H2,1-3H3. The molecular formula is C13H15F3N2O. The number of fused-ring (bicyclic) bond motifs is 1. The Labute approximate surface area is 108 Å². The van der Waals surface area contributed by atoms with Crippen molar-refractivity contribution in [1.82, 2.24) is 9.38 Å². The highest BCUT2D eigenvalue weighted by molar-refractivity contribution is 5.47. The van der Waals surface area contributed by atoms with Crippen molar-refractivity contribution in [3.63, 3.8) is 0 Å². The number of aromatic nitrogens is 2. The monoisotopic (exact) mass is 272 g/mol. The van der Waals surface area contributed by atoms with Crippen molar-refractivity contribution in [3.05, 3.63) is 35.3 Å². The number of aliphatic hydroxyl groups is 1. The normalized spacial score (nSPS) is 13.2. The molecule has 0 spiro atoms. The average molecular weight is 272 g/mol. The molecule has 0 saturated carbocycles. The first-order chi connectivity index (χ1) is 8.64. The number of nitrogens with zero attached hydrogens (tertiary/aromatic N) is 2. The summed E-state index contributed by atoms with van der Waals surface area (Å²) >= 11 is 0. The summed E-state index contributed by atoms with van der Waals surface area (Å²) in [6.07, 6.45) is -3.10. The molecule has 0 aliphatic heterocycles. The van der Waals surface area contributed by atoms with Crippen molar-refractivity contribution in [2.24, 2.45) is 0 Å². The molecule has 2 heterocycles. The van der Waals surface area contributed by atoms with Gasteiger partial charge in [0.15, 0.2) is 0 Å². The number of hydrogen-bond donors (Lipinski definition) is 1. The fourth-order valence-corrected chi connectivity index (χ4v) is 2.02. The second kappa shape index (κ2) is 4.23. The molecule has 0 saturated heterocycles. The van der Waals surface area contributed by atoms with Crippen LogP contribution in [0.1, 0.15) is 37.7 Å². The molecule has 0 aromatic carbocycles. The van der Waals surface area contributed by atoms with Gasteiger partial charge in [0.2, 0.25) is 0 Å². The maximum absolute atomic E-state index is 12.7. The molecular weight excluding hydrogens is 257 g/mol. The molecule has 2 aromatic heterocycles. The van der Waals surface area contributed by atoms with E-state index in [0.29, 0.717) is 11.4 Å². The van der Waals surface area contributed by atoms with Gasteiger partial charge in [-0.3, -0.25) is 0 Å². The molecule has 0 unspecified atom stereocenters. The summed E-state index contributed by atoms with van der Waals surface area (Å²) in [5.41, 5.74) is 0.243. The zero-order valence-corrected chi connectivity index (χ0v) is 10.9. The molecule has 2 rings (SSSR count). The van der Waals surface area contributed by atoms with Gasteiger partial charge < -0.3 is 9.51 Å². The summed E-state index contributed by atoms with van der Waals surface area (Å²) in [5.74, 6) is 0. The Hall–Kier alpha value is -1.56. The summed E-state index contributed by atoms with van der Waals surface area (Å²) in [6.45, 7) is 5.44. The fourth-order valence-electron chi connectivity index (χ4n) is 2.02. The molecule has 0 aliphatic carbocycles. The van der Waals surface area contributed by atoms with E-state index < -0.39 is 11.7 Å². The number of halogens is 3. The number of alkyl halides is 3. The molecule has 0 fully saturated rings. The Morgan fingerprint density at radius 1 is 1.26 bits per heavy atom. The zero-order valence-electron chi connectivity index (χ0n) is 10.9. The van der Waals surface area contributed by atoms with E-state index in [1.165, 1.54) is 10.6 Å². The van der Waals surface area contributed by atoms with E-state index in [1.807, 2.05) is 20.8 Å². The Kier molecular flexibility index (Phi) is 3.09. The molecule has 0 aliphatic rings. The van der Waals surface area contributed by atoms with Gasteiger partial charge in [-0.25, -0.2) is 4.98 Å². The Balaban J connectivity index is 2.70. The molecule has 0 amide bonds. The van der Waals surface area contributed by atoms with Gasteiger partial charge >= 0.3 is 6.18 Å². The van der Waals surface area contributed by atoms with Crippen LogP contribution in [0.3, 0.4) is 0 Å². The molecule has 0 atom stereocenters. The van der Waals surface area contributed by atoms with Gasteiger partial charge in [0.1, 0.15) is 5.65 Å². The third kappa shape index (κ3) is 2.45. The van der Waals surface area contributed by atoms with E-state index in [0.717, 1.165) is 12.1 Å². The van der Waals surface area contributed by atoms with Crippen LogP contribution >= 0.6 is 0 Å². The molecule has 3 nitrogen and oxygen atoms in total. The number of rotatable bonds is 1. The molecule has 6 heteroatoms. The van der Waals surface area contributed by atoms with Crippen molar-refractivity contribution in [1.29, 1.82) is 0 Å². The first-order valence-corrected chi connectivity index (χ1v) is 5.84. The predicted octanol–water partition coefficient (Wildman–Crippen LogP) is 3.14. The second-order valence-corrected chi connectivity index (χ2v) is 5.46. The number of pyridine rings is 1. The van der Waals surface area contributed by atoms with Gasteiger partial charge in [-0.05, 0) is 12.1 Å². The highest BCUT2D eigenvalue weighted by Gasteiger charge is 2.31. The van der Waals surface area contributed by atoms with Gasteiger partial charge in [-0.1, -0.05) is 20.8 Å². The Morgan fingerprint density at radius 3 is 2.37 bits per heavy atom. The Bertz CT molecular complexity index is 609. The van der Waals surface area contributed by atoms with Gasteiger partial charge in [-0.2, -0.15) is 13.2 Å². The topological polar surface area (TPSA) is 37.5 Å². The van der Waals surface area contributed by atoms with Crippen molar-refractivity contribution in [3.8, 4) is 0 Å². The van der Waals surface area contributed by atoms with Crippen LogP contribution in [0.5, 0.6) is 0 Å². The van der Waals surface area contributed by atoms with Gasteiger partial charge in [0.25, 0.3) is 0 Å². The molecule has 104 valence electrons. The van der Waals surface area contributed by atoms with Gasteiger partial charge in [0, 0.05) is 11.6 Å². The third-order valence-corrected chi connectivity index (χ3v) is 2.91. The van der Waals surface area contributed by atoms with Crippen LogP contribution in [0.15, 0.2) is 18.3 Å². The quantitative estimate of drug-likeness (QED) is 0.866. The SMILES string of the molecule is CC(C)(C)c1nc2cc(C(F)(F)F)ccn2c1CO. The van der Waals surface area contributed by atoms with E-state index >= 15 is 0 Å². The Morgan fingerprint density at radius 2 is 1.89 bits per heavy atom. The van der Waals surface area contributed by atoms with Crippen LogP contribution in [0.25, 0.3) is 5.65 Å². The smallest absolute Gasteiger partial charge is 0.390 e. The van der Waals surface area contributed by atoms with Crippen molar-refractivity contribution >= 4 is 5.65 Å². The molecule has 0 bridgehead atoms. The van der Waals surface area contributed by atoms with Crippen molar-refractivity contribution in [2.45, 2.75) is 39.0 Å². The molecule has 19 heavy (non-hydrogen) atoms. The summed E-state index contributed by atoms with van der Waals surface area (Å²) < 4.78 is 39.5. The number of hydrogen-bond acceptors (Lipinski definition) is 2. The van der Waals surface area contributed by atoms with Crippen LogP contribution in [0.2, 0.25) is 0 Å². The van der Waals surface area contributed by atoms with E-state index in [4.69, 9.17) is 0 Å². The third-order valence-electron chi connectivity index (χ3n) is 2.91. The highest BCUT2D eigenvalue weighted by Crippen LogP contribution is 2.32. The lowest BCUT2D eigenvalue weighted by atomic mass is 9.91. The zero-order chi connectivity index (χ0) is 14.4. The van der Waals surface area contributed by atoms with Crippen LogP contribution in [0.4, 0.5) is 13.2 Å². The van der Waals surface area contributed by atoms with E-state index in [9.17, 15) is 18.3 Å². The van der Waals surface area contributed by atoms with Crippen LogP contribution in [-0.2, 0) is 18.2 Å². The fraction of sp³-hybridized carbons (Fsp3) is 0.462. The summed E-state index contributed by atoms with van der Waals surface area (Å²) in [5, 5.41) is 9.41. The summed E-state index contributed by atoms with van der Waals surface area (Å²) in [6, 6.07) is 1.98. The lowest BCUT2D eigenvalue weighted by Gasteiger charge is -2.16. The van der Waals surface area contributed by atoms with E-state index in [2.05, 4.69) is 4.98 Å². The summed E-state index contributed by atoms with van der Waals surface area (Å²) in [7, 11) is 0. The lowest BCUT2D eigenvalue weighted by Crippen LogP contribution is -2.14. The predicted molar refractivity (Wildman–Crippen MR) is 64.8 cm³/mol. The number of aliphatic hydroxyl groups excluding tert-OH is 1. The minimum absolute atomic E-state index is 0.198. The van der Waals surface area contributed by atoms with Gasteiger partial charge in [0.05, 0.1) is 23.6 Å². The maximum atomic E-state index is 12.7. The van der Waals surface area contributed by atoms with E-state index in [1.54, 1.807) is 0 Å². The minimum atomic E-state index is -4.39.